The van der Waals surface area contributed by atoms with Crippen LogP contribution in [0.15, 0.2) is 72.9 Å². The number of hydrogen-bond donors (Lipinski definition) is 4. The molecule has 358 valence electrons. The topological polar surface area (TPSA) is 135 Å². The number of unbranched alkanes of at least 4 members (excludes halogenated alkanes) is 19. The molecule has 1 aliphatic heterocycles. The summed E-state index contributed by atoms with van der Waals surface area (Å²) in [7, 11) is 0. The van der Waals surface area contributed by atoms with Crippen molar-refractivity contribution in [3.63, 3.8) is 0 Å². The van der Waals surface area contributed by atoms with E-state index in [1.54, 1.807) is 0 Å². The fourth-order valence-corrected chi connectivity index (χ4v) is 7.22. The monoisotopic (exact) mass is 873 g/mol. The maximum atomic E-state index is 12.8. The molecule has 1 heterocycles. The van der Waals surface area contributed by atoms with Gasteiger partial charge in [-0.3, -0.25) is 4.79 Å². The highest BCUT2D eigenvalue weighted by Gasteiger charge is 2.44. The number of hydrogen-bond acceptors (Lipinski definition) is 9. The number of aliphatic hydroxyl groups is 4. The van der Waals surface area contributed by atoms with Gasteiger partial charge in [0.05, 0.1) is 19.8 Å². The molecule has 0 aromatic rings. The largest absolute Gasteiger partial charge is 0.457 e. The molecule has 0 amide bonds. The van der Waals surface area contributed by atoms with E-state index in [2.05, 4.69) is 86.8 Å². The van der Waals surface area contributed by atoms with Crippen molar-refractivity contribution in [2.24, 2.45) is 0 Å². The van der Waals surface area contributed by atoms with Crippen molar-refractivity contribution >= 4 is 5.97 Å². The molecule has 0 aromatic heterocycles. The molecule has 6 atom stereocenters. The predicted molar refractivity (Wildman–Crippen MR) is 256 cm³/mol. The third-order valence-electron chi connectivity index (χ3n) is 11.1. The van der Waals surface area contributed by atoms with Gasteiger partial charge in [0.1, 0.15) is 30.5 Å². The molecular weight excluding hydrogens is 781 g/mol. The van der Waals surface area contributed by atoms with Crippen LogP contribution >= 0.6 is 0 Å². The molecule has 1 fully saturated rings. The SMILES string of the molecule is CC/C=C\C/C=C\C/C=C\CCCCCC(=O)OC(COCCCCCCCCCCCCC/C=C\C/C=C\C/C=C\CCCCCCC)COC1OC(CO)C(O)C(O)C1O. The molecule has 4 N–H and O–H groups in total. The summed E-state index contributed by atoms with van der Waals surface area (Å²) >= 11 is 0. The lowest BCUT2D eigenvalue weighted by Crippen LogP contribution is -2.59. The van der Waals surface area contributed by atoms with Gasteiger partial charge in [-0.25, -0.2) is 0 Å². The van der Waals surface area contributed by atoms with Crippen LogP contribution in [0.3, 0.4) is 0 Å². The number of carbonyl (C=O) groups is 1. The van der Waals surface area contributed by atoms with Crippen LogP contribution < -0.4 is 0 Å². The first-order valence-corrected chi connectivity index (χ1v) is 25.0. The summed E-state index contributed by atoms with van der Waals surface area (Å²) in [5, 5.41) is 40.2. The molecule has 0 radical (unpaired) electrons. The van der Waals surface area contributed by atoms with Crippen LogP contribution in [-0.4, -0.2) is 89.6 Å². The van der Waals surface area contributed by atoms with Gasteiger partial charge in [-0.05, 0) is 83.5 Å². The van der Waals surface area contributed by atoms with Crippen molar-refractivity contribution in [2.45, 2.75) is 230 Å². The van der Waals surface area contributed by atoms with E-state index in [4.69, 9.17) is 18.9 Å². The molecule has 9 nitrogen and oxygen atoms in total. The van der Waals surface area contributed by atoms with E-state index >= 15 is 0 Å². The smallest absolute Gasteiger partial charge is 0.306 e. The minimum atomic E-state index is -1.55. The first-order chi connectivity index (χ1) is 30.4. The molecular formula is C53H92O9. The number of ether oxygens (including phenoxy) is 4. The molecule has 0 spiro atoms. The Kier molecular flexibility index (Phi) is 40.8. The van der Waals surface area contributed by atoms with E-state index in [1.807, 2.05) is 0 Å². The van der Waals surface area contributed by atoms with Crippen LogP contribution in [0.2, 0.25) is 0 Å². The predicted octanol–water partition coefficient (Wildman–Crippen LogP) is 12.0. The van der Waals surface area contributed by atoms with Crippen LogP contribution in [0.1, 0.15) is 194 Å². The molecule has 1 rings (SSSR count). The molecule has 9 heteroatoms. The zero-order valence-electron chi connectivity index (χ0n) is 39.3. The van der Waals surface area contributed by atoms with E-state index in [-0.39, 0.29) is 25.6 Å². The molecule has 1 aliphatic rings. The number of allylic oxidation sites excluding steroid dienone is 12. The lowest BCUT2D eigenvalue weighted by molar-refractivity contribution is -0.305. The summed E-state index contributed by atoms with van der Waals surface area (Å²) in [4.78, 5) is 12.8. The van der Waals surface area contributed by atoms with Crippen LogP contribution in [0, 0.1) is 0 Å². The quantitative estimate of drug-likeness (QED) is 0.0269. The van der Waals surface area contributed by atoms with Crippen molar-refractivity contribution in [3.05, 3.63) is 72.9 Å². The van der Waals surface area contributed by atoms with Crippen molar-refractivity contribution in [1.82, 2.24) is 0 Å². The van der Waals surface area contributed by atoms with Gasteiger partial charge in [-0.1, -0.05) is 177 Å². The maximum Gasteiger partial charge on any atom is 0.306 e. The average Bonchev–Trinajstić information content (AvgIpc) is 3.27. The summed E-state index contributed by atoms with van der Waals surface area (Å²) in [6, 6.07) is 0. The number of esters is 1. The molecule has 0 saturated carbocycles. The minimum Gasteiger partial charge on any atom is -0.457 e. The van der Waals surface area contributed by atoms with Crippen LogP contribution in [0.25, 0.3) is 0 Å². The second-order valence-electron chi connectivity index (χ2n) is 16.9. The van der Waals surface area contributed by atoms with Crippen molar-refractivity contribution < 1.29 is 44.2 Å². The first-order valence-electron chi connectivity index (χ1n) is 25.0. The van der Waals surface area contributed by atoms with Gasteiger partial charge in [0.15, 0.2) is 6.29 Å². The molecule has 62 heavy (non-hydrogen) atoms. The summed E-state index contributed by atoms with van der Waals surface area (Å²) in [6.45, 7) is 4.38. The molecule has 6 unspecified atom stereocenters. The lowest BCUT2D eigenvalue weighted by Gasteiger charge is -2.39. The maximum absolute atomic E-state index is 12.8. The van der Waals surface area contributed by atoms with Gasteiger partial charge in [0, 0.05) is 13.0 Å². The zero-order valence-corrected chi connectivity index (χ0v) is 39.3. The Balaban J connectivity index is 2.18. The van der Waals surface area contributed by atoms with Gasteiger partial charge < -0.3 is 39.4 Å². The first kappa shape index (κ1) is 57.6. The molecule has 1 saturated heterocycles. The van der Waals surface area contributed by atoms with Crippen LogP contribution in [0.4, 0.5) is 0 Å². The van der Waals surface area contributed by atoms with E-state index in [0.717, 1.165) is 64.2 Å². The van der Waals surface area contributed by atoms with Crippen LogP contribution in [-0.2, 0) is 23.7 Å². The van der Waals surface area contributed by atoms with Gasteiger partial charge in [0.25, 0.3) is 0 Å². The summed E-state index contributed by atoms with van der Waals surface area (Å²) in [6.07, 6.45) is 50.9. The Hall–Kier alpha value is -2.37. The Morgan fingerprint density at radius 3 is 1.48 bits per heavy atom. The van der Waals surface area contributed by atoms with Gasteiger partial charge in [-0.2, -0.15) is 0 Å². The standard InChI is InChI=1S/C53H92O9/c1-3-5-7-9-11-13-15-17-18-19-20-21-22-23-24-25-26-27-28-29-31-33-35-37-39-41-43-59-45-47(46-60-53-52(58)51(57)50(56)48(44-54)62-53)61-49(55)42-40-38-36-34-32-30-16-14-12-10-8-6-4-2/h6,8,12,14-15,17,19-20,22-23,30,32,47-48,50-54,56-58H,3-5,7,9-11,13,16,18,21,24-29,31,33-46H2,1-2H3/b8-6-,14-12-,17-15-,20-19-,23-22-,32-30-. The van der Waals surface area contributed by atoms with E-state index in [9.17, 15) is 25.2 Å². The second kappa shape index (κ2) is 43.9. The summed E-state index contributed by atoms with van der Waals surface area (Å²) in [5.74, 6) is -0.345. The average molecular weight is 873 g/mol. The van der Waals surface area contributed by atoms with Crippen molar-refractivity contribution in [3.8, 4) is 0 Å². The zero-order chi connectivity index (χ0) is 45.0. The van der Waals surface area contributed by atoms with E-state index in [0.29, 0.717) is 13.0 Å². The lowest BCUT2D eigenvalue weighted by atomic mass is 9.99. The third kappa shape index (κ3) is 34.1. The van der Waals surface area contributed by atoms with Crippen molar-refractivity contribution in [2.75, 3.05) is 26.4 Å². The normalized spacial score (nSPS) is 20.4. The fraction of sp³-hybridized carbons (Fsp3) is 0.755. The summed E-state index contributed by atoms with van der Waals surface area (Å²) < 4.78 is 22.8. The highest BCUT2D eigenvalue weighted by Crippen LogP contribution is 2.22. The second-order valence-corrected chi connectivity index (χ2v) is 16.9. The van der Waals surface area contributed by atoms with Crippen LogP contribution in [0.5, 0.6) is 0 Å². The fourth-order valence-electron chi connectivity index (χ4n) is 7.22. The third-order valence-corrected chi connectivity index (χ3v) is 11.1. The Bertz CT molecular complexity index is 1180. The molecule has 0 aromatic carbocycles. The van der Waals surface area contributed by atoms with Gasteiger partial charge in [0.2, 0.25) is 0 Å². The Labute approximate surface area is 378 Å². The van der Waals surface area contributed by atoms with Crippen molar-refractivity contribution in [1.29, 1.82) is 0 Å². The Morgan fingerprint density at radius 1 is 0.532 bits per heavy atom. The molecule has 0 aliphatic carbocycles. The van der Waals surface area contributed by atoms with Gasteiger partial charge >= 0.3 is 5.97 Å². The highest BCUT2D eigenvalue weighted by molar-refractivity contribution is 5.69. The van der Waals surface area contributed by atoms with E-state index < -0.39 is 43.4 Å². The number of aliphatic hydroxyl groups excluding tert-OH is 4. The minimum absolute atomic E-state index is 0.127. The molecule has 0 bridgehead atoms. The van der Waals surface area contributed by atoms with Gasteiger partial charge in [-0.15, -0.1) is 0 Å². The number of carbonyl (C=O) groups excluding carboxylic acids is 1. The summed E-state index contributed by atoms with van der Waals surface area (Å²) in [5.41, 5.74) is 0. The van der Waals surface area contributed by atoms with E-state index in [1.165, 1.54) is 103 Å². The Morgan fingerprint density at radius 2 is 0.984 bits per heavy atom. The number of rotatable bonds is 42. The highest BCUT2D eigenvalue weighted by atomic mass is 16.7.